The number of hydrogen-bond donors (Lipinski definition) is 0. The van der Waals surface area contributed by atoms with Crippen LogP contribution in [0.25, 0.3) is 0 Å². The minimum atomic E-state index is 0. The molecule has 0 atom stereocenters. The van der Waals surface area contributed by atoms with Crippen molar-refractivity contribution in [3.63, 3.8) is 0 Å². The minimum absolute atomic E-state index is 0. The Bertz CT molecular complexity index is 81.6. The molecule has 0 bridgehead atoms. The monoisotopic (exact) mass is 128 g/mol. The van der Waals surface area contributed by atoms with E-state index >= 15 is 0 Å². The molecule has 1 aromatic rings. The van der Waals surface area contributed by atoms with Gasteiger partial charge in [0, 0.05) is 34.1 Å². The van der Waals surface area contributed by atoms with Gasteiger partial charge in [-0.2, -0.15) is 0 Å². The molecule has 7 heavy (non-hydrogen) atoms. The standard InChI is InChI=1S/C4H4N2.Ti/c1-2-5-4-6-3-1;/h1-4H;. The molecule has 0 fully saturated rings. The summed E-state index contributed by atoms with van der Waals surface area (Å²) < 4.78 is 0. The summed E-state index contributed by atoms with van der Waals surface area (Å²) in [7, 11) is 0. The maximum absolute atomic E-state index is 3.67. The summed E-state index contributed by atoms with van der Waals surface area (Å²) >= 11 is 0. The summed E-state index contributed by atoms with van der Waals surface area (Å²) in [5.74, 6) is 0. The number of aromatic nitrogens is 2. The topological polar surface area (TPSA) is 25.8 Å². The van der Waals surface area contributed by atoms with Gasteiger partial charge < -0.3 is 0 Å². The van der Waals surface area contributed by atoms with Crippen LogP contribution in [0.3, 0.4) is 0 Å². The van der Waals surface area contributed by atoms with Crippen molar-refractivity contribution in [1.29, 1.82) is 0 Å². The average Bonchev–Trinajstić information content (AvgIpc) is 1.72. The van der Waals surface area contributed by atoms with Gasteiger partial charge in [0.15, 0.2) is 0 Å². The van der Waals surface area contributed by atoms with E-state index in [-0.39, 0.29) is 21.7 Å². The van der Waals surface area contributed by atoms with Gasteiger partial charge in [-0.3, -0.25) is 0 Å². The van der Waals surface area contributed by atoms with Crippen LogP contribution in [0.2, 0.25) is 0 Å². The first kappa shape index (κ1) is 6.79. The van der Waals surface area contributed by atoms with Gasteiger partial charge in [0.25, 0.3) is 0 Å². The average molecular weight is 128 g/mol. The van der Waals surface area contributed by atoms with E-state index in [0.29, 0.717) is 0 Å². The van der Waals surface area contributed by atoms with Crippen LogP contribution in [0.5, 0.6) is 0 Å². The Balaban J connectivity index is 0.000000360. The van der Waals surface area contributed by atoms with Crippen LogP contribution in [0, 0.1) is 0 Å². The van der Waals surface area contributed by atoms with Gasteiger partial charge in [-0.05, 0) is 6.07 Å². The fourth-order valence-corrected chi connectivity index (χ4v) is 0.253. The third-order valence-corrected chi connectivity index (χ3v) is 0.478. The molecule has 0 aliphatic carbocycles. The molecule has 34 valence electrons. The van der Waals surface area contributed by atoms with Gasteiger partial charge in [-0.25, -0.2) is 9.97 Å². The Morgan fingerprint density at radius 1 is 1.00 bits per heavy atom. The maximum atomic E-state index is 3.67. The van der Waals surface area contributed by atoms with Gasteiger partial charge in [0.1, 0.15) is 6.33 Å². The molecule has 0 N–H and O–H groups in total. The van der Waals surface area contributed by atoms with Crippen LogP contribution in [0.4, 0.5) is 0 Å². The summed E-state index contributed by atoms with van der Waals surface area (Å²) in [6.45, 7) is 0. The molecule has 0 spiro atoms. The largest absolute Gasteiger partial charge is 0.245 e. The molecule has 0 amide bonds. The zero-order valence-corrected chi connectivity index (χ0v) is 5.27. The third kappa shape index (κ3) is 2.48. The van der Waals surface area contributed by atoms with Gasteiger partial charge in [-0.1, -0.05) is 0 Å². The van der Waals surface area contributed by atoms with Crippen LogP contribution >= 0.6 is 0 Å². The van der Waals surface area contributed by atoms with E-state index < -0.39 is 0 Å². The minimum Gasteiger partial charge on any atom is -0.245 e. The summed E-state index contributed by atoms with van der Waals surface area (Å²) in [4.78, 5) is 7.35. The quantitative estimate of drug-likeness (QED) is 0.474. The Labute approximate surface area is 56.9 Å². The van der Waals surface area contributed by atoms with Gasteiger partial charge in [-0.15, -0.1) is 0 Å². The first-order valence-corrected chi connectivity index (χ1v) is 1.70. The molecule has 1 aromatic heterocycles. The number of nitrogens with zero attached hydrogens (tertiary/aromatic N) is 2. The summed E-state index contributed by atoms with van der Waals surface area (Å²) in [5.41, 5.74) is 0. The molecular formula is C4H4N2Ti. The SMILES string of the molecule is [Ti].c1cncnc1. The number of rotatable bonds is 0. The van der Waals surface area contributed by atoms with E-state index in [9.17, 15) is 0 Å². The predicted molar refractivity (Wildman–Crippen MR) is 22.0 cm³/mol. The van der Waals surface area contributed by atoms with Crippen molar-refractivity contribution in [2.75, 3.05) is 0 Å². The molecule has 0 saturated carbocycles. The molecular weight excluding hydrogens is 124 g/mol. The second-order valence-corrected chi connectivity index (χ2v) is 0.904. The molecule has 0 aromatic carbocycles. The maximum Gasteiger partial charge on any atom is 0.115 e. The van der Waals surface area contributed by atoms with Gasteiger partial charge in [0.05, 0.1) is 0 Å². The van der Waals surface area contributed by atoms with Crippen LogP contribution in [0.1, 0.15) is 0 Å². The first-order chi connectivity index (χ1) is 3.00. The Hall–Kier alpha value is -0.206. The summed E-state index contributed by atoms with van der Waals surface area (Å²) in [6.07, 6.45) is 4.88. The zero-order valence-electron chi connectivity index (χ0n) is 3.70. The van der Waals surface area contributed by atoms with Crippen molar-refractivity contribution in [3.05, 3.63) is 24.8 Å². The van der Waals surface area contributed by atoms with Crippen LogP contribution in [-0.4, -0.2) is 9.97 Å². The third-order valence-electron chi connectivity index (χ3n) is 0.478. The van der Waals surface area contributed by atoms with Crippen LogP contribution in [-0.2, 0) is 21.7 Å². The van der Waals surface area contributed by atoms with E-state index in [4.69, 9.17) is 0 Å². The van der Waals surface area contributed by atoms with Gasteiger partial charge >= 0.3 is 0 Å². The Morgan fingerprint density at radius 2 is 1.57 bits per heavy atom. The first-order valence-electron chi connectivity index (χ1n) is 1.70. The Kier molecular flexibility index (Phi) is 3.85. The van der Waals surface area contributed by atoms with E-state index in [0.717, 1.165) is 0 Å². The number of hydrogen-bond acceptors (Lipinski definition) is 2. The molecule has 0 radical (unpaired) electrons. The fourth-order valence-electron chi connectivity index (χ4n) is 0.253. The van der Waals surface area contributed by atoms with Crippen LogP contribution < -0.4 is 0 Å². The molecule has 1 rings (SSSR count). The Morgan fingerprint density at radius 3 is 1.71 bits per heavy atom. The van der Waals surface area contributed by atoms with E-state index in [2.05, 4.69) is 9.97 Å². The van der Waals surface area contributed by atoms with Crippen molar-refractivity contribution in [2.45, 2.75) is 0 Å². The smallest absolute Gasteiger partial charge is 0.115 e. The normalized spacial score (nSPS) is 6.86. The molecule has 0 unspecified atom stereocenters. The molecule has 3 heteroatoms. The molecule has 1 heterocycles. The molecule has 2 nitrogen and oxygen atoms in total. The predicted octanol–water partition coefficient (Wildman–Crippen LogP) is 0.474. The van der Waals surface area contributed by atoms with E-state index in [1.165, 1.54) is 6.33 Å². The van der Waals surface area contributed by atoms with E-state index in [1.807, 2.05) is 0 Å². The molecule has 0 aliphatic rings. The second kappa shape index (κ2) is 3.97. The summed E-state index contributed by atoms with van der Waals surface area (Å²) in [6, 6.07) is 1.78. The van der Waals surface area contributed by atoms with Crippen molar-refractivity contribution < 1.29 is 21.7 Å². The van der Waals surface area contributed by atoms with Gasteiger partial charge in [0.2, 0.25) is 0 Å². The van der Waals surface area contributed by atoms with Crippen molar-refractivity contribution in [3.8, 4) is 0 Å². The molecule has 0 saturated heterocycles. The van der Waals surface area contributed by atoms with Crippen LogP contribution in [0.15, 0.2) is 24.8 Å². The fraction of sp³-hybridized carbons (Fsp3) is 0. The van der Waals surface area contributed by atoms with E-state index in [1.54, 1.807) is 18.5 Å². The van der Waals surface area contributed by atoms with Crippen molar-refractivity contribution in [1.82, 2.24) is 9.97 Å². The van der Waals surface area contributed by atoms with Crippen molar-refractivity contribution >= 4 is 0 Å². The summed E-state index contributed by atoms with van der Waals surface area (Å²) in [5, 5.41) is 0. The second-order valence-electron chi connectivity index (χ2n) is 0.904. The van der Waals surface area contributed by atoms with Crippen molar-refractivity contribution in [2.24, 2.45) is 0 Å². The molecule has 0 aliphatic heterocycles. The zero-order chi connectivity index (χ0) is 4.24.